The fourth-order valence-electron chi connectivity index (χ4n) is 0.915. The van der Waals surface area contributed by atoms with Gasteiger partial charge in [0.1, 0.15) is 5.71 Å². The first-order chi connectivity index (χ1) is 5.86. The highest BCUT2D eigenvalue weighted by atomic mass is 32.1. The Morgan fingerprint density at radius 3 is 2.75 bits per heavy atom. The van der Waals surface area contributed by atoms with E-state index in [1.165, 1.54) is 0 Å². The van der Waals surface area contributed by atoms with E-state index < -0.39 is 0 Å². The first kappa shape index (κ1) is 7.24. The molecule has 58 valence electrons. The van der Waals surface area contributed by atoms with Crippen LogP contribution in [0.1, 0.15) is 5.69 Å². The van der Waals surface area contributed by atoms with E-state index in [0.717, 1.165) is 11.4 Å². The first-order valence-corrected chi connectivity index (χ1v) is 3.85. The van der Waals surface area contributed by atoms with E-state index >= 15 is 0 Å². The Hall–Kier alpha value is -1.42. The molecule has 0 radical (unpaired) electrons. The SMILES string of the molecule is S=C1N=CC(c2ccccn2)=N1. The lowest BCUT2D eigenvalue weighted by molar-refractivity contribution is 1.30. The summed E-state index contributed by atoms with van der Waals surface area (Å²) in [6.07, 6.45) is 3.34. The summed E-state index contributed by atoms with van der Waals surface area (Å²) in [6, 6.07) is 5.63. The maximum Gasteiger partial charge on any atom is 0.219 e. The van der Waals surface area contributed by atoms with Gasteiger partial charge < -0.3 is 0 Å². The third-order valence-electron chi connectivity index (χ3n) is 1.44. The van der Waals surface area contributed by atoms with Crippen LogP contribution in [-0.2, 0) is 0 Å². The average Bonchev–Trinajstić information content (AvgIpc) is 2.54. The molecule has 1 aliphatic rings. The second-order valence-electron chi connectivity index (χ2n) is 2.25. The van der Waals surface area contributed by atoms with Crippen LogP contribution in [0.2, 0.25) is 0 Å². The monoisotopic (exact) mass is 175 g/mol. The maximum absolute atomic E-state index is 4.78. The van der Waals surface area contributed by atoms with Gasteiger partial charge in [0.05, 0.1) is 11.9 Å². The highest BCUT2D eigenvalue weighted by Crippen LogP contribution is 2.01. The van der Waals surface area contributed by atoms with Gasteiger partial charge >= 0.3 is 0 Å². The van der Waals surface area contributed by atoms with Crippen molar-refractivity contribution in [2.24, 2.45) is 9.98 Å². The van der Waals surface area contributed by atoms with E-state index in [2.05, 4.69) is 15.0 Å². The Kier molecular flexibility index (Phi) is 1.75. The van der Waals surface area contributed by atoms with Gasteiger partial charge in [0.15, 0.2) is 0 Å². The molecule has 1 aromatic rings. The normalized spacial score (nSPS) is 15.0. The lowest BCUT2D eigenvalue weighted by Crippen LogP contribution is -2.01. The first-order valence-electron chi connectivity index (χ1n) is 3.44. The van der Waals surface area contributed by atoms with E-state index in [-0.39, 0.29) is 0 Å². The predicted molar refractivity (Wildman–Crippen MR) is 51.9 cm³/mol. The number of rotatable bonds is 1. The Labute approximate surface area is 74.9 Å². The lowest BCUT2D eigenvalue weighted by atomic mass is 10.2. The molecule has 0 fully saturated rings. The summed E-state index contributed by atoms with van der Waals surface area (Å²) in [7, 11) is 0. The minimum absolute atomic E-state index is 0.371. The van der Waals surface area contributed by atoms with Crippen LogP contribution in [0.3, 0.4) is 0 Å². The van der Waals surface area contributed by atoms with Crippen LogP contribution in [-0.4, -0.2) is 22.0 Å². The highest BCUT2D eigenvalue weighted by Gasteiger charge is 2.07. The average molecular weight is 175 g/mol. The van der Waals surface area contributed by atoms with Gasteiger partial charge in [0, 0.05) is 6.20 Å². The zero-order valence-electron chi connectivity index (χ0n) is 6.14. The smallest absolute Gasteiger partial charge is 0.219 e. The molecule has 0 N–H and O–H groups in total. The number of hydrogen-bond donors (Lipinski definition) is 0. The van der Waals surface area contributed by atoms with Crippen molar-refractivity contribution in [3.05, 3.63) is 30.1 Å². The Morgan fingerprint density at radius 1 is 1.25 bits per heavy atom. The van der Waals surface area contributed by atoms with Gasteiger partial charge in [-0.15, -0.1) is 0 Å². The van der Waals surface area contributed by atoms with Crippen molar-refractivity contribution in [1.82, 2.24) is 4.98 Å². The van der Waals surface area contributed by atoms with Crippen molar-refractivity contribution in [2.75, 3.05) is 0 Å². The third kappa shape index (κ3) is 1.29. The number of pyridine rings is 1. The molecule has 0 amide bonds. The Morgan fingerprint density at radius 2 is 2.17 bits per heavy atom. The minimum Gasteiger partial charge on any atom is -0.255 e. The molecule has 2 heterocycles. The lowest BCUT2D eigenvalue weighted by Gasteiger charge is -1.92. The minimum atomic E-state index is 0.371. The van der Waals surface area contributed by atoms with Crippen LogP contribution in [0.5, 0.6) is 0 Å². The molecular weight excluding hydrogens is 170 g/mol. The number of nitrogens with zero attached hydrogens (tertiary/aromatic N) is 3. The molecule has 3 nitrogen and oxygen atoms in total. The van der Waals surface area contributed by atoms with Crippen molar-refractivity contribution in [3.63, 3.8) is 0 Å². The maximum atomic E-state index is 4.78. The van der Waals surface area contributed by atoms with Crippen LogP contribution in [0.25, 0.3) is 0 Å². The summed E-state index contributed by atoms with van der Waals surface area (Å²) in [5, 5.41) is 0.371. The van der Waals surface area contributed by atoms with Crippen molar-refractivity contribution >= 4 is 29.3 Å². The van der Waals surface area contributed by atoms with Gasteiger partial charge in [0.25, 0.3) is 0 Å². The number of aromatic nitrogens is 1. The van der Waals surface area contributed by atoms with Crippen LogP contribution >= 0.6 is 12.2 Å². The van der Waals surface area contributed by atoms with Crippen LogP contribution < -0.4 is 0 Å². The predicted octanol–water partition coefficient (Wildman–Crippen LogP) is 1.24. The Bertz CT molecular complexity index is 367. The summed E-state index contributed by atoms with van der Waals surface area (Å²) >= 11 is 4.78. The van der Waals surface area contributed by atoms with Gasteiger partial charge in [-0.2, -0.15) is 0 Å². The molecule has 0 saturated heterocycles. The summed E-state index contributed by atoms with van der Waals surface area (Å²) in [6.45, 7) is 0. The second kappa shape index (κ2) is 2.91. The molecule has 0 aromatic carbocycles. The fraction of sp³-hybridized carbons (Fsp3) is 0. The van der Waals surface area contributed by atoms with Gasteiger partial charge in [-0.3, -0.25) is 4.98 Å². The summed E-state index contributed by atoms with van der Waals surface area (Å²) in [4.78, 5) is 12.0. The molecule has 0 unspecified atom stereocenters. The van der Waals surface area contributed by atoms with E-state index in [9.17, 15) is 0 Å². The second-order valence-corrected chi connectivity index (χ2v) is 2.62. The molecule has 12 heavy (non-hydrogen) atoms. The van der Waals surface area contributed by atoms with Crippen molar-refractivity contribution < 1.29 is 0 Å². The molecular formula is C8H5N3S. The van der Waals surface area contributed by atoms with Crippen LogP contribution in [0, 0.1) is 0 Å². The van der Waals surface area contributed by atoms with Crippen molar-refractivity contribution in [3.8, 4) is 0 Å². The summed E-state index contributed by atoms with van der Waals surface area (Å²) < 4.78 is 0. The van der Waals surface area contributed by atoms with E-state index in [1.54, 1.807) is 12.4 Å². The van der Waals surface area contributed by atoms with Crippen molar-refractivity contribution in [2.45, 2.75) is 0 Å². The molecule has 0 atom stereocenters. The summed E-state index contributed by atoms with van der Waals surface area (Å²) in [5.41, 5.74) is 1.54. The molecule has 2 rings (SSSR count). The largest absolute Gasteiger partial charge is 0.255 e. The highest BCUT2D eigenvalue weighted by molar-refractivity contribution is 7.80. The quantitative estimate of drug-likeness (QED) is 0.602. The van der Waals surface area contributed by atoms with Gasteiger partial charge in [-0.1, -0.05) is 6.07 Å². The topological polar surface area (TPSA) is 37.6 Å². The zero-order chi connectivity index (χ0) is 8.39. The molecule has 1 aromatic heterocycles. The molecule has 0 bridgehead atoms. The van der Waals surface area contributed by atoms with E-state index in [4.69, 9.17) is 12.2 Å². The number of hydrogen-bond acceptors (Lipinski definition) is 2. The third-order valence-corrected chi connectivity index (χ3v) is 1.64. The van der Waals surface area contributed by atoms with Gasteiger partial charge in [-0.05, 0) is 24.4 Å². The molecule has 0 spiro atoms. The zero-order valence-corrected chi connectivity index (χ0v) is 6.95. The van der Waals surface area contributed by atoms with Gasteiger partial charge in [0.2, 0.25) is 5.11 Å². The van der Waals surface area contributed by atoms with Crippen molar-refractivity contribution in [1.29, 1.82) is 0 Å². The Balaban J connectivity index is 2.40. The van der Waals surface area contributed by atoms with Gasteiger partial charge in [-0.25, -0.2) is 9.98 Å². The number of aliphatic imine (C=N–C) groups is 2. The fourth-order valence-corrected chi connectivity index (χ4v) is 1.07. The molecule has 0 aliphatic carbocycles. The van der Waals surface area contributed by atoms with Crippen LogP contribution in [0.4, 0.5) is 0 Å². The van der Waals surface area contributed by atoms with E-state index in [0.29, 0.717) is 5.11 Å². The van der Waals surface area contributed by atoms with E-state index in [1.807, 2.05) is 18.2 Å². The molecule has 0 saturated carbocycles. The standard InChI is InChI=1S/C8H5N3S/c12-8-10-5-7(11-8)6-3-1-2-4-9-6/h1-5H. The molecule has 4 heteroatoms. The summed E-state index contributed by atoms with van der Waals surface area (Å²) in [5.74, 6) is 0. The van der Waals surface area contributed by atoms with Crippen LogP contribution in [0.15, 0.2) is 34.4 Å². The molecule has 1 aliphatic heterocycles. The number of thiocarbonyl (C=S) groups is 1.